The summed E-state index contributed by atoms with van der Waals surface area (Å²) in [6.45, 7) is 1.88. The second-order valence-electron chi connectivity index (χ2n) is 4.39. The van der Waals surface area contributed by atoms with Crippen LogP contribution in [0, 0.1) is 0 Å². The smallest absolute Gasteiger partial charge is 0.242 e. The zero-order valence-electron chi connectivity index (χ0n) is 9.82. The van der Waals surface area contributed by atoms with Crippen molar-refractivity contribution in [2.45, 2.75) is 31.3 Å². The Balaban J connectivity index is 2.05. The molecule has 1 amide bonds. The molecule has 0 spiro atoms. The highest BCUT2D eigenvalue weighted by atomic mass is 16.5. The normalized spacial score (nSPS) is 31.6. The summed E-state index contributed by atoms with van der Waals surface area (Å²) < 4.78 is 5.45. The van der Waals surface area contributed by atoms with Gasteiger partial charge in [-0.05, 0) is 26.3 Å². The van der Waals surface area contributed by atoms with Gasteiger partial charge in [-0.25, -0.2) is 0 Å². The van der Waals surface area contributed by atoms with Gasteiger partial charge in [0.15, 0.2) is 0 Å². The highest BCUT2D eigenvalue weighted by molar-refractivity contribution is 5.82. The molecule has 0 saturated carbocycles. The Morgan fingerprint density at radius 3 is 3.06 bits per heavy atom. The Bertz CT molecular complexity index is 278. The number of allylic oxidation sites excluding steroid dienone is 1. The maximum absolute atomic E-state index is 12.2. The van der Waals surface area contributed by atoms with E-state index in [2.05, 4.69) is 17.5 Å². The van der Waals surface area contributed by atoms with E-state index >= 15 is 0 Å². The van der Waals surface area contributed by atoms with Gasteiger partial charge in [-0.15, -0.1) is 0 Å². The van der Waals surface area contributed by atoms with Gasteiger partial charge in [-0.1, -0.05) is 12.2 Å². The SMILES string of the molecule is CNC1COCCN(C2CC=CCC2)C1=O. The van der Waals surface area contributed by atoms with Gasteiger partial charge < -0.3 is 15.0 Å². The average Bonchev–Trinajstić information content (AvgIpc) is 2.52. The van der Waals surface area contributed by atoms with E-state index in [-0.39, 0.29) is 11.9 Å². The van der Waals surface area contributed by atoms with Crippen LogP contribution >= 0.6 is 0 Å². The molecule has 0 aromatic rings. The van der Waals surface area contributed by atoms with Crippen molar-refractivity contribution in [2.24, 2.45) is 0 Å². The van der Waals surface area contributed by atoms with Gasteiger partial charge in [0.1, 0.15) is 6.04 Å². The number of likely N-dealkylation sites (N-methyl/N-ethyl adjacent to an activating group) is 1. The number of carbonyl (C=O) groups is 1. The minimum absolute atomic E-state index is 0.173. The van der Waals surface area contributed by atoms with Crippen molar-refractivity contribution in [2.75, 3.05) is 26.8 Å². The topological polar surface area (TPSA) is 41.6 Å². The first-order chi connectivity index (χ1) is 7.83. The van der Waals surface area contributed by atoms with Gasteiger partial charge in [0, 0.05) is 12.6 Å². The van der Waals surface area contributed by atoms with Crippen LogP contribution in [0.2, 0.25) is 0 Å². The van der Waals surface area contributed by atoms with Crippen LogP contribution in [-0.2, 0) is 9.53 Å². The number of amides is 1. The van der Waals surface area contributed by atoms with E-state index in [0.29, 0.717) is 19.3 Å². The molecular formula is C12H20N2O2. The van der Waals surface area contributed by atoms with E-state index in [1.54, 1.807) is 0 Å². The fourth-order valence-corrected chi connectivity index (χ4v) is 2.38. The summed E-state index contributed by atoms with van der Waals surface area (Å²) in [5.74, 6) is 0.195. The molecule has 4 nitrogen and oxygen atoms in total. The lowest BCUT2D eigenvalue weighted by molar-refractivity contribution is -0.134. The highest BCUT2D eigenvalue weighted by Gasteiger charge is 2.30. The van der Waals surface area contributed by atoms with Crippen LogP contribution in [0.1, 0.15) is 19.3 Å². The molecule has 0 bridgehead atoms. The van der Waals surface area contributed by atoms with E-state index in [9.17, 15) is 4.79 Å². The molecule has 1 fully saturated rings. The Labute approximate surface area is 96.6 Å². The molecule has 2 unspecified atom stereocenters. The number of nitrogens with one attached hydrogen (secondary N) is 1. The van der Waals surface area contributed by atoms with Crippen LogP contribution in [0.3, 0.4) is 0 Å². The minimum Gasteiger partial charge on any atom is -0.377 e. The van der Waals surface area contributed by atoms with E-state index in [1.807, 2.05) is 11.9 Å². The molecule has 1 aliphatic heterocycles. The molecule has 1 N–H and O–H groups in total. The maximum atomic E-state index is 12.2. The molecule has 16 heavy (non-hydrogen) atoms. The molecule has 2 atom stereocenters. The van der Waals surface area contributed by atoms with E-state index < -0.39 is 0 Å². The van der Waals surface area contributed by atoms with Crippen molar-refractivity contribution in [3.8, 4) is 0 Å². The summed E-state index contributed by atoms with van der Waals surface area (Å²) in [5.41, 5.74) is 0. The first kappa shape index (κ1) is 11.6. The van der Waals surface area contributed by atoms with Crippen LogP contribution in [0.25, 0.3) is 0 Å². The largest absolute Gasteiger partial charge is 0.377 e. The predicted molar refractivity (Wildman–Crippen MR) is 62.2 cm³/mol. The summed E-state index contributed by atoms with van der Waals surface area (Å²) in [5, 5.41) is 3.03. The molecule has 4 heteroatoms. The summed E-state index contributed by atoms with van der Waals surface area (Å²) >= 11 is 0. The number of ether oxygens (including phenoxy) is 1. The Morgan fingerprint density at radius 1 is 1.50 bits per heavy atom. The van der Waals surface area contributed by atoms with Crippen molar-refractivity contribution in [3.05, 3.63) is 12.2 Å². The van der Waals surface area contributed by atoms with E-state index in [1.165, 1.54) is 0 Å². The highest BCUT2D eigenvalue weighted by Crippen LogP contribution is 2.19. The van der Waals surface area contributed by atoms with Crippen molar-refractivity contribution < 1.29 is 9.53 Å². The number of hydrogen-bond acceptors (Lipinski definition) is 3. The fraction of sp³-hybridized carbons (Fsp3) is 0.750. The van der Waals surface area contributed by atoms with Crippen LogP contribution < -0.4 is 5.32 Å². The molecule has 1 aliphatic carbocycles. The van der Waals surface area contributed by atoms with Gasteiger partial charge in [0.05, 0.1) is 13.2 Å². The number of carbonyl (C=O) groups excluding carboxylic acids is 1. The lowest BCUT2D eigenvalue weighted by Crippen LogP contribution is -2.50. The van der Waals surface area contributed by atoms with Crippen LogP contribution in [0.4, 0.5) is 0 Å². The monoisotopic (exact) mass is 224 g/mol. The van der Waals surface area contributed by atoms with Crippen LogP contribution in [0.5, 0.6) is 0 Å². The zero-order chi connectivity index (χ0) is 11.4. The lowest BCUT2D eigenvalue weighted by Gasteiger charge is -2.32. The van der Waals surface area contributed by atoms with Gasteiger partial charge in [0.2, 0.25) is 5.91 Å². The van der Waals surface area contributed by atoms with Gasteiger partial charge in [0.25, 0.3) is 0 Å². The molecule has 2 rings (SSSR count). The van der Waals surface area contributed by atoms with E-state index in [0.717, 1.165) is 25.8 Å². The molecule has 0 aromatic heterocycles. The number of hydrogen-bond donors (Lipinski definition) is 1. The second-order valence-corrected chi connectivity index (χ2v) is 4.39. The zero-order valence-corrected chi connectivity index (χ0v) is 9.82. The quantitative estimate of drug-likeness (QED) is 0.696. The minimum atomic E-state index is -0.173. The standard InChI is InChI=1S/C12H20N2O2/c1-13-11-9-16-8-7-14(12(11)15)10-5-3-2-4-6-10/h2-3,10-11,13H,4-9H2,1H3. The summed E-state index contributed by atoms with van der Waals surface area (Å²) in [6.07, 6.45) is 7.53. The first-order valence-corrected chi connectivity index (χ1v) is 6.03. The first-order valence-electron chi connectivity index (χ1n) is 6.03. The average molecular weight is 224 g/mol. The maximum Gasteiger partial charge on any atom is 0.242 e. The molecule has 1 heterocycles. The summed E-state index contributed by atoms with van der Waals surface area (Å²) in [4.78, 5) is 14.2. The van der Waals surface area contributed by atoms with Crippen LogP contribution in [0.15, 0.2) is 12.2 Å². The van der Waals surface area contributed by atoms with Crippen molar-refractivity contribution >= 4 is 5.91 Å². The fourth-order valence-electron chi connectivity index (χ4n) is 2.38. The Hall–Kier alpha value is -0.870. The van der Waals surface area contributed by atoms with Crippen LogP contribution in [-0.4, -0.2) is 49.7 Å². The molecule has 2 aliphatic rings. The summed E-state index contributed by atoms with van der Waals surface area (Å²) in [6, 6.07) is 0.198. The van der Waals surface area contributed by atoms with Crippen molar-refractivity contribution in [1.29, 1.82) is 0 Å². The molecule has 0 aromatic carbocycles. The lowest BCUT2D eigenvalue weighted by atomic mass is 9.99. The molecule has 1 saturated heterocycles. The van der Waals surface area contributed by atoms with Crippen molar-refractivity contribution in [3.63, 3.8) is 0 Å². The predicted octanol–water partition coefficient (Wildman–Crippen LogP) is 0.542. The Morgan fingerprint density at radius 2 is 2.38 bits per heavy atom. The third kappa shape index (κ3) is 2.44. The number of rotatable bonds is 2. The van der Waals surface area contributed by atoms with Gasteiger partial charge >= 0.3 is 0 Å². The molecule has 0 radical (unpaired) electrons. The summed E-state index contributed by atoms with van der Waals surface area (Å²) in [7, 11) is 1.82. The van der Waals surface area contributed by atoms with Gasteiger partial charge in [-0.2, -0.15) is 0 Å². The van der Waals surface area contributed by atoms with Gasteiger partial charge in [-0.3, -0.25) is 4.79 Å². The van der Waals surface area contributed by atoms with Crippen molar-refractivity contribution in [1.82, 2.24) is 10.2 Å². The third-order valence-electron chi connectivity index (χ3n) is 3.37. The Kier molecular flexibility index (Phi) is 3.96. The second kappa shape index (κ2) is 5.46. The third-order valence-corrected chi connectivity index (χ3v) is 3.37. The van der Waals surface area contributed by atoms with E-state index in [4.69, 9.17) is 4.74 Å². The molecule has 90 valence electrons. The molecular weight excluding hydrogens is 204 g/mol. The number of nitrogens with zero attached hydrogens (tertiary/aromatic N) is 1.